The van der Waals surface area contributed by atoms with Crippen LogP contribution >= 0.6 is 11.8 Å². The second-order valence-electron chi connectivity index (χ2n) is 9.07. The van der Waals surface area contributed by atoms with Gasteiger partial charge in [0.15, 0.2) is 5.17 Å². The highest BCUT2D eigenvalue weighted by molar-refractivity contribution is 8.15. The molecule has 2 amide bonds. The third-order valence-electron chi connectivity index (χ3n) is 6.29. The van der Waals surface area contributed by atoms with Crippen LogP contribution in [-0.4, -0.2) is 45.6 Å². The number of hydrogen-bond donors (Lipinski definition) is 0. The Morgan fingerprint density at radius 2 is 1.91 bits per heavy atom. The second-order valence-corrected chi connectivity index (χ2v) is 10.2. The smallest absolute Gasteiger partial charge is 0.259 e. The minimum Gasteiger partial charge on any atom is -0.311 e. The van der Waals surface area contributed by atoms with Gasteiger partial charge in [-0.05, 0) is 48.9 Å². The molecule has 0 spiro atoms. The first kappa shape index (κ1) is 21.9. The van der Waals surface area contributed by atoms with Gasteiger partial charge < -0.3 is 4.90 Å². The molecule has 0 saturated heterocycles. The van der Waals surface area contributed by atoms with Crippen LogP contribution in [0.2, 0.25) is 0 Å². The number of benzene rings is 2. The zero-order chi connectivity index (χ0) is 23.1. The summed E-state index contributed by atoms with van der Waals surface area (Å²) in [4.78, 5) is 40.1. The SMILES string of the molecule is CC[C@@H](SC1=Nc2ccccc2C2=N[C@@H](CC(C)C)C(=O)N12)C(=O)N1CCc2ccccc21. The molecule has 3 aliphatic heterocycles. The van der Waals surface area contributed by atoms with Crippen LogP contribution in [0.25, 0.3) is 0 Å². The van der Waals surface area contributed by atoms with Gasteiger partial charge in [-0.2, -0.15) is 0 Å². The maximum Gasteiger partial charge on any atom is 0.259 e. The van der Waals surface area contributed by atoms with Crippen molar-refractivity contribution in [2.24, 2.45) is 15.9 Å². The predicted octanol–water partition coefficient (Wildman–Crippen LogP) is 4.79. The number of carbonyl (C=O) groups is 2. The van der Waals surface area contributed by atoms with Gasteiger partial charge in [0.25, 0.3) is 5.91 Å². The lowest BCUT2D eigenvalue weighted by molar-refractivity contribution is -0.125. The zero-order valence-corrected chi connectivity index (χ0v) is 20.0. The third-order valence-corrected chi connectivity index (χ3v) is 7.59. The molecule has 7 heteroatoms. The van der Waals surface area contributed by atoms with Gasteiger partial charge in [-0.25, -0.2) is 9.89 Å². The van der Waals surface area contributed by atoms with Gasteiger partial charge in [0.1, 0.15) is 11.9 Å². The van der Waals surface area contributed by atoms with Crippen molar-refractivity contribution in [3.8, 4) is 0 Å². The summed E-state index contributed by atoms with van der Waals surface area (Å²) in [5, 5.41) is 0.217. The van der Waals surface area contributed by atoms with Crippen LogP contribution in [-0.2, 0) is 16.0 Å². The van der Waals surface area contributed by atoms with Crippen molar-refractivity contribution < 1.29 is 9.59 Å². The van der Waals surface area contributed by atoms with Crippen LogP contribution in [0.4, 0.5) is 11.4 Å². The minimum absolute atomic E-state index is 0.0479. The number of thioether (sulfide) groups is 1. The number of carbonyl (C=O) groups excluding carboxylic acids is 2. The molecule has 0 aromatic heterocycles. The summed E-state index contributed by atoms with van der Waals surface area (Å²) in [6, 6.07) is 15.5. The monoisotopic (exact) mass is 460 g/mol. The Morgan fingerprint density at radius 3 is 2.70 bits per heavy atom. The van der Waals surface area contributed by atoms with E-state index in [2.05, 4.69) is 19.9 Å². The second kappa shape index (κ2) is 8.78. The predicted molar refractivity (Wildman–Crippen MR) is 134 cm³/mol. The van der Waals surface area contributed by atoms with E-state index in [0.717, 1.165) is 23.4 Å². The van der Waals surface area contributed by atoms with Gasteiger partial charge in [0.05, 0.1) is 10.9 Å². The van der Waals surface area contributed by atoms with Crippen molar-refractivity contribution >= 4 is 46.0 Å². The molecule has 6 nitrogen and oxygen atoms in total. The lowest BCUT2D eigenvalue weighted by Crippen LogP contribution is -2.44. The summed E-state index contributed by atoms with van der Waals surface area (Å²) in [5.74, 6) is 1.03. The highest BCUT2D eigenvalue weighted by atomic mass is 32.2. The van der Waals surface area contributed by atoms with Gasteiger partial charge in [0, 0.05) is 17.8 Å². The highest BCUT2D eigenvalue weighted by Gasteiger charge is 2.43. The Labute approximate surface area is 198 Å². The van der Waals surface area contributed by atoms with Crippen molar-refractivity contribution in [3.63, 3.8) is 0 Å². The first-order chi connectivity index (χ1) is 16.0. The lowest BCUT2D eigenvalue weighted by Gasteiger charge is -2.29. The van der Waals surface area contributed by atoms with Crippen LogP contribution in [0.5, 0.6) is 0 Å². The van der Waals surface area contributed by atoms with Gasteiger partial charge >= 0.3 is 0 Å². The molecule has 0 fully saturated rings. The molecular weight excluding hydrogens is 432 g/mol. The quantitative estimate of drug-likeness (QED) is 0.644. The van der Waals surface area contributed by atoms with Gasteiger partial charge in [0.2, 0.25) is 5.91 Å². The van der Waals surface area contributed by atoms with Crippen LogP contribution in [0.15, 0.2) is 58.5 Å². The number of amides is 2. The maximum absolute atomic E-state index is 13.6. The largest absolute Gasteiger partial charge is 0.311 e. The Kier molecular flexibility index (Phi) is 5.83. The number of amidine groups is 2. The van der Waals surface area contributed by atoms with E-state index in [1.807, 2.05) is 54.3 Å². The minimum atomic E-state index is -0.404. The fraction of sp³-hybridized carbons (Fsp3) is 0.385. The number of rotatable bonds is 5. The van der Waals surface area contributed by atoms with E-state index >= 15 is 0 Å². The first-order valence-corrected chi connectivity index (χ1v) is 12.5. The fourth-order valence-corrected chi connectivity index (χ4v) is 5.74. The molecule has 2 aromatic carbocycles. The summed E-state index contributed by atoms with van der Waals surface area (Å²) in [6.07, 6.45) is 2.21. The summed E-state index contributed by atoms with van der Waals surface area (Å²) in [7, 11) is 0. The average Bonchev–Trinajstić information content (AvgIpc) is 3.38. The van der Waals surface area contributed by atoms with Gasteiger partial charge in [-0.15, -0.1) is 0 Å². The molecule has 0 N–H and O–H groups in total. The third kappa shape index (κ3) is 3.88. The summed E-state index contributed by atoms with van der Waals surface area (Å²) in [5.41, 5.74) is 3.86. The van der Waals surface area contributed by atoms with Crippen molar-refractivity contribution in [3.05, 3.63) is 59.7 Å². The molecule has 33 heavy (non-hydrogen) atoms. The Balaban J connectivity index is 1.46. The Hall–Kier alpha value is -2.93. The van der Waals surface area contributed by atoms with E-state index in [0.29, 0.717) is 36.3 Å². The van der Waals surface area contributed by atoms with Crippen molar-refractivity contribution in [2.45, 2.75) is 51.3 Å². The first-order valence-electron chi connectivity index (χ1n) is 11.6. The van der Waals surface area contributed by atoms with Crippen molar-refractivity contribution in [2.75, 3.05) is 11.4 Å². The number of anilines is 1. The number of nitrogens with zero attached hydrogens (tertiary/aromatic N) is 4. The summed E-state index contributed by atoms with van der Waals surface area (Å²) in [6.45, 7) is 6.90. The molecule has 3 heterocycles. The van der Waals surface area contributed by atoms with Crippen molar-refractivity contribution in [1.29, 1.82) is 0 Å². The van der Waals surface area contributed by atoms with E-state index in [-0.39, 0.29) is 17.1 Å². The van der Waals surface area contributed by atoms with E-state index < -0.39 is 6.04 Å². The lowest BCUT2D eigenvalue weighted by atomic mass is 10.0. The topological polar surface area (TPSA) is 65.3 Å². The molecular formula is C26H28N4O2S. The van der Waals surface area contributed by atoms with Gasteiger partial charge in [-0.1, -0.05) is 62.9 Å². The zero-order valence-electron chi connectivity index (χ0n) is 19.2. The molecule has 0 unspecified atom stereocenters. The molecule has 2 atom stereocenters. The maximum atomic E-state index is 13.6. The van der Waals surface area contributed by atoms with Gasteiger partial charge in [-0.3, -0.25) is 14.6 Å². The molecule has 5 rings (SSSR count). The molecule has 2 aromatic rings. The van der Waals surface area contributed by atoms with Crippen LogP contribution in [0.1, 0.15) is 44.7 Å². The Bertz CT molecular complexity index is 1170. The molecule has 0 radical (unpaired) electrons. The molecule has 3 aliphatic rings. The van der Waals surface area contributed by atoms with E-state index in [9.17, 15) is 9.59 Å². The molecule has 0 saturated carbocycles. The summed E-state index contributed by atoms with van der Waals surface area (Å²) >= 11 is 1.38. The van der Waals surface area contributed by atoms with E-state index in [1.54, 1.807) is 4.90 Å². The molecule has 0 aliphatic carbocycles. The van der Waals surface area contributed by atoms with Crippen molar-refractivity contribution in [1.82, 2.24) is 4.90 Å². The molecule has 170 valence electrons. The fourth-order valence-electron chi connectivity index (χ4n) is 4.66. The number of aliphatic imine (C=N–C) groups is 2. The molecule has 0 bridgehead atoms. The Morgan fingerprint density at radius 1 is 1.15 bits per heavy atom. The van der Waals surface area contributed by atoms with Crippen LogP contribution < -0.4 is 4.90 Å². The average molecular weight is 461 g/mol. The van der Waals surface area contributed by atoms with Crippen LogP contribution in [0.3, 0.4) is 0 Å². The number of hydrogen-bond acceptors (Lipinski definition) is 5. The highest BCUT2D eigenvalue weighted by Crippen LogP contribution is 2.37. The standard InChI is InChI=1S/C26H28N4O2S/c1-4-22(25(32)29-14-13-17-9-5-8-12-21(17)29)33-26-28-19-11-7-6-10-18(19)23-27-20(15-16(2)3)24(31)30(23)26/h5-12,16,20,22H,4,13-15H2,1-3H3/t20-,22+/m0/s1. The number of fused-ring (bicyclic) bond motifs is 4. The van der Waals surface area contributed by atoms with E-state index in [4.69, 9.17) is 9.98 Å². The van der Waals surface area contributed by atoms with E-state index in [1.165, 1.54) is 17.3 Å². The normalized spacial score (nSPS) is 19.8. The number of para-hydroxylation sites is 2. The van der Waals surface area contributed by atoms with Crippen LogP contribution in [0, 0.1) is 5.92 Å². The summed E-state index contributed by atoms with van der Waals surface area (Å²) < 4.78 is 0.